The second-order valence-corrected chi connectivity index (χ2v) is 4.15. The summed E-state index contributed by atoms with van der Waals surface area (Å²) in [6.07, 6.45) is 3.17. The SMILES string of the molecule is CCCNC(=O)COc1ccc(C)nc1C=CC(=O)O. The smallest absolute Gasteiger partial charge is 0.328 e. The highest BCUT2D eigenvalue weighted by atomic mass is 16.5. The molecule has 1 heterocycles. The van der Waals surface area contributed by atoms with E-state index in [1.54, 1.807) is 19.1 Å². The van der Waals surface area contributed by atoms with Crippen LogP contribution in [-0.4, -0.2) is 35.1 Å². The number of ether oxygens (including phenoxy) is 1. The molecule has 20 heavy (non-hydrogen) atoms. The Balaban J connectivity index is 2.73. The summed E-state index contributed by atoms with van der Waals surface area (Å²) >= 11 is 0. The van der Waals surface area contributed by atoms with E-state index in [1.807, 2.05) is 6.92 Å². The molecular formula is C14H18N2O4. The minimum atomic E-state index is -1.07. The van der Waals surface area contributed by atoms with Crippen molar-refractivity contribution < 1.29 is 19.4 Å². The van der Waals surface area contributed by atoms with Gasteiger partial charge in [0.1, 0.15) is 11.4 Å². The number of aromatic nitrogens is 1. The fourth-order valence-electron chi connectivity index (χ4n) is 1.41. The van der Waals surface area contributed by atoms with Crippen LogP contribution in [0, 0.1) is 6.92 Å². The molecule has 1 rings (SSSR count). The molecule has 0 saturated carbocycles. The van der Waals surface area contributed by atoms with Crippen molar-refractivity contribution in [2.45, 2.75) is 20.3 Å². The number of carboxylic acid groups (broad SMARTS) is 1. The molecule has 1 aromatic rings. The summed E-state index contributed by atoms with van der Waals surface area (Å²) in [6.45, 7) is 4.22. The molecular weight excluding hydrogens is 260 g/mol. The Morgan fingerprint density at radius 1 is 1.45 bits per heavy atom. The topological polar surface area (TPSA) is 88.5 Å². The number of nitrogens with zero attached hydrogens (tertiary/aromatic N) is 1. The third kappa shape index (κ3) is 5.51. The Kier molecular flexibility index (Phi) is 6.22. The zero-order valence-corrected chi connectivity index (χ0v) is 11.5. The number of carbonyl (C=O) groups excluding carboxylic acids is 1. The van der Waals surface area contributed by atoms with E-state index in [0.29, 0.717) is 18.0 Å². The normalized spacial score (nSPS) is 10.5. The van der Waals surface area contributed by atoms with Gasteiger partial charge in [-0.2, -0.15) is 0 Å². The van der Waals surface area contributed by atoms with Crippen LogP contribution >= 0.6 is 0 Å². The summed E-state index contributed by atoms with van der Waals surface area (Å²) in [4.78, 5) is 26.2. The number of carbonyl (C=O) groups is 2. The van der Waals surface area contributed by atoms with E-state index in [2.05, 4.69) is 10.3 Å². The first kappa shape index (κ1) is 15.7. The largest absolute Gasteiger partial charge is 0.482 e. The number of carboxylic acids is 1. The summed E-state index contributed by atoms with van der Waals surface area (Å²) < 4.78 is 5.36. The van der Waals surface area contributed by atoms with E-state index in [1.165, 1.54) is 6.08 Å². The maximum Gasteiger partial charge on any atom is 0.328 e. The quantitative estimate of drug-likeness (QED) is 0.736. The van der Waals surface area contributed by atoms with Crippen LogP contribution < -0.4 is 10.1 Å². The molecule has 0 atom stereocenters. The fraction of sp³-hybridized carbons (Fsp3) is 0.357. The zero-order valence-electron chi connectivity index (χ0n) is 11.5. The average molecular weight is 278 g/mol. The number of rotatable bonds is 7. The first-order valence-electron chi connectivity index (χ1n) is 6.31. The highest BCUT2D eigenvalue weighted by Gasteiger charge is 2.07. The summed E-state index contributed by atoms with van der Waals surface area (Å²) in [5.74, 6) is -0.916. The summed E-state index contributed by atoms with van der Waals surface area (Å²) in [7, 11) is 0. The van der Waals surface area contributed by atoms with Crippen molar-refractivity contribution in [1.29, 1.82) is 0 Å². The second kappa shape index (κ2) is 7.93. The predicted molar refractivity (Wildman–Crippen MR) is 74.4 cm³/mol. The van der Waals surface area contributed by atoms with Gasteiger partial charge in [0.05, 0.1) is 0 Å². The zero-order chi connectivity index (χ0) is 15.0. The monoisotopic (exact) mass is 278 g/mol. The van der Waals surface area contributed by atoms with E-state index in [9.17, 15) is 9.59 Å². The molecule has 1 aromatic heterocycles. The third-order valence-corrected chi connectivity index (χ3v) is 2.34. The number of aliphatic carboxylic acids is 1. The lowest BCUT2D eigenvalue weighted by Crippen LogP contribution is -2.29. The molecule has 1 amide bonds. The van der Waals surface area contributed by atoms with E-state index in [0.717, 1.165) is 18.2 Å². The van der Waals surface area contributed by atoms with Crippen LogP contribution in [0.4, 0.5) is 0 Å². The Morgan fingerprint density at radius 3 is 2.85 bits per heavy atom. The summed E-state index contributed by atoms with van der Waals surface area (Å²) in [5.41, 5.74) is 1.12. The lowest BCUT2D eigenvalue weighted by Gasteiger charge is -2.09. The third-order valence-electron chi connectivity index (χ3n) is 2.34. The van der Waals surface area contributed by atoms with Crippen molar-refractivity contribution >= 4 is 18.0 Å². The molecule has 0 aliphatic heterocycles. The van der Waals surface area contributed by atoms with Gasteiger partial charge in [-0.25, -0.2) is 9.78 Å². The first-order chi connectivity index (χ1) is 9.52. The number of hydrogen-bond acceptors (Lipinski definition) is 4. The van der Waals surface area contributed by atoms with Crippen molar-refractivity contribution in [2.24, 2.45) is 0 Å². The van der Waals surface area contributed by atoms with E-state index in [4.69, 9.17) is 9.84 Å². The Bertz CT molecular complexity index is 512. The Hall–Kier alpha value is -2.37. The Labute approximate surface area is 117 Å². The van der Waals surface area contributed by atoms with Crippen molar-refractivity contribution in [3.05, 3.63) is 29.6 Å². The molecule has 0 unspecified atom stereocenters. The molecule has 6 nitrogen and oxygen atoms in total. The van der Waals surface area contributed by atoms with Gasteiger partial charge in [0.2, 0.25) is 0 Å². The van der Waals surface area contributed by atoms with Crippen LogP contribution in [0.2, 0.25) is 0 Å². The Morgan fingerprint density at radius 2 is 2.20 bits per heavy atom. The number of amides is 1. The number of nitrogens with one attached hydrogen (secondary N) is 1. The van der Waals surface area contributed by atoms with Gasteiger partial charge in [-0.3, -0.25) is 4.79 Å². The van der Waals surface area contributed by atoms with E-state index >= 15 is 0 Å². The lowest BCUT2D eigenvalue weighted by atomic mass is 10.2. The molecule has 0 bridgehead atoms. The molecule has 0 saturated heterocycles. The van der Waals surface area contributed by atoms with Gasteiger partial charge in [-0.15, -0.1) is 0 Å². The van der Waals surface area contributed by atoms with Crippen LogP contribution in [-0.2, 0) is 9.59 Å². The number of pyridine rings is 1. The molecule has 2 N–H and O–H groups in total. The van der Waals surface area contributed by atoms with Crippen molar-refractivity contribution in [3.8, 4) is 5.75 Å². The molecule has 108 valence electrons. The highest BCUT2D eigenvalue weighted by Crippen LogP contribution is 2.18. The van der Waals surface area contributed by atoms with Crippen molar-refractivity contribution in [3.63, 3.8) is 0 Å². The molecule has 0 aromatic carbocycles. The van der Waals surface area contributed by atoms with Crippen molar-refractivity contribution in [2.75, 3.05) is 13.2 Å². The standard InChI is InChI=1S/C14H18N2O4/c1-3-8-15-13(17)9-20-12-6-4-10(2)16-11(12)5-7-14(18)19/h4-7H,3,8-9H2,1-2H3,(H,15,17)(H,18,19). The van der Waals surface area contributed by atoms with Crippen LogP contribution in [0.15, 0.2) is 18.2 Å². The van der Waals surface area contributed by atoms with Gasteiger partial charge in [0, 0.05) is 18.3 Å². The summed E-state index contributed by atoms with van der Waals surface area (Å²) in [6, 6.07) is 3.40. The predicted octanol–water partition coefficient (Wildman–Crippen LogP) is 1.39. The van der Waals surface area contributed by atoms with Gasteiger partial charge >= 0.3 is 5.97 Å². The van der Waals surface area contributed by atoms with Gasteiger partial charge in [0.15, 0.2) is 6.61 Å². The molecule has 0 aliphatic carbocycles. The highest BCUT2D eigenvalue weighted by molar-refractivity contribution is 5.85. The van der Waals surface area contributed by atoms with Gasteiger partial charge in [-0.1, -0.05) is 6.92 Å². The minimum Gasteiger partial charge on any atom is -0.482 e. The maximum atomic E-state index is 11.5. The lowest BCUT2D eigenvalue weighted by molar-refractivity contribution is -0.131. The van der Waals surface area contributed by atoms with E-state index < -0.39 is 5.97 Å². The summed E-state index contributed by atoms with van der Waals surface area (Å²) in [5, 5.41) is 11.3. The van der Waals surface area contributed by atoms with Gasteiger partial charge in [-0.05, 0) is 31.6 Å². The minimum absolute atomic E-state index is 0.126. The van der Waals surface area contributed by atoms with Crippen LogP contribution in [0.1, 0.15) is 24.7 Å². The maximum absolute atomic E-state index is 11.5. The van der Waals surface area contributed by atoms with Crippen molar-refractivity contribution in [1.82, 2.24) is 10.3 Å². The van der Waals surface area contributed by atoms with E-state index in [-0.39, 0.29) is 12.5 Å². The first-order valence-corrected chi connectivity index (χ1v) is 6.31. The molecule has 0 fully saturated rings. The fourth-order valence-corrected chi connectivity index (χ4v) is 1.41. The molecule has 0 spiro atoms. The molecule has 6 heteroatoms. The number of hydrogen-bond donors (Lipinski definition) is 2. The van der Waals surface area contributed by atoms with Gasteiger partial charge in [0.25, 0.3) is 5.91 Å². The average Bonchev–Trinajstić information content (AvgIpc) is 2.41. The van der Waals surface area contributed by atoms with Crippen LogP contribution in [0.3, 0.4) is 0 Å². The van der Waals surface area contributed by atoms with Crippen LogP contribution in [0.5, 0.6) is 5.75 Å². The van der Waals surface area contributed by atoms with Gasteiger partial charge < -0.3 is 15.2 Å². The van der Waals surface area contributed by atoms with Crippen LogP contribution in [0.25, 0.3) is 6.08 Å². The number of aryl methyl sites for hydroxylation is 1. The molecule has 0 aliphatic rings. The second-order valence-electron chi connectivity index (χ2n) is 4.15. The molecule has 0 radical (unpaired) electrons.